The van der Waals surface area contributed by atoms with Gasteiger partial charge in [-0.3, -0.25) is 4.79 Å². The lowest BCUT2D eigenvalue weighted by atomic mass is 10.0. The normalized spacial score (nSPS) is 13.1. The van der Waals surface area contributed by atoms with Crippen molar-refractivity contribution >= 4 is 12.4 Å². The van der Waals surface area contributed by atoms with Crippen molar-refractivity contribution in [1.29, 1.82) is 0 Å². The lowest BCUT2D eigenvalue weighted by Gasteiger charge is -2.16. The van der Waals surface area contributed by atoms with E-state index in [2.05, 4.69) is 5.32 Å². The highest BCUT2D eigenvalue weighted by atomic mass is 16.5. The van der Waals surface area contributed by atoms with Gasteiger partial charge in [-0.1, -0.05) is 30.3 Å². The monoisotopic (exact) mass is 277 g/mol. The van der Waals surface area contributed by atoms with Gasteiger partial charge in [0.1, 0.15) is 5.76 Å². The first-order chi connectivity index (χ1) is 9.60. The Labute approximate surface area is 118 Å². The molecule has 1 aromatic rings. The molecule has 108 valence electrons. The standard InChI is InChI=1S/C15H19NO4/c1-3-20-15(19)13(16-10-17)14(18)11(2)9-12-7-5-4-6-8-12/h4-8,10,13,18H,3,9H2,1-2H3,(H,16,17). The fourth-order valence-corrected chi connectivity index (χ4v) is 1.79. The predicted molar refractivity (Wildman–Crippen MR) is 75.1 cm³/mol. The van der Waals surface area contributed by atoms with Crippen LogP contribution < -0.4 is 5.32 Å². The van der Waals surface area contributed by atoms with Gasteiger partial charge in [-0.15, -0.1) is 0 Å². The van der Waals surface area contributed by atoms with E-state index in [1.165, 1.54) is 0 Å². The third kappa shape index (κ3) is 4.42. The molecule has 0 radical (unpaired) electrons. The van der Waals surface area contributed by atoms with Gasteiger partial charge < -0.3 is 15.2 Å². The molecule has 0 saturated heterocycles. The van der Waals surface area contributed by atoms with Crippen LogP contribution in [0.1, 0.15) is 19.4 Å². The van der Waals surface area contributed by atoms with Crippen LogP contribution in [-0.2, 0) is 20.7 Å². The number of nitrogens with one attached hydrogen (secondary N) is 1. The van der Waals surface area contributed by atoms with Gasteiger partial charge in [0.2, 0.25) is 6.41 Å². The SMILES string of the molecule is CCOC(=O)C(NC=O)C(O)=C(C)Cc1ccccc1. The minimum absolute atomic E-state index is 0.181. The van der Waals surface area contributed by atoms with E-state index in [1.54, 1.807) is 13.8 Å². The average molecular weight is 277 g/mol. The number of benzene rings is 1. The fraction of sp³-hybridized carbons (Fsp3) is 0.333. The summed E-state index contributed by atoms with van der Waals surface area (Å²) in [5, 5.41) is 12.4. The molecule has 0 spiro atoms. The smallest absolute Gasteiger partial charge is 0.336 e. The molecule has 0 fully saturated rings. The predicted octanol–water partition coefficient (Wildman–Crippen LogP) is 1.74. The number of hydrogen-bond acceptors (Lipinski definition) is 4. The van der Waals surface area contributed by atoms with Crippen molar-refractivity contribution in [1.82, 2.24) is 5.32 Å². The van der Waals surface area contributed by atoms with Crippen LogP contribution in [0.3, 0.4) is 0 Å². The zero-order chi connectivity index (χ0) is 15.0. The van der Waals surface area contributed by atoms with Crippen LogP contribution >= 0.6 is 0 Å². The average Bonchev–Trinajstić information content (AvgIpc) is 2.45. The summed E-state index contributed by atoms with van der Waals surface area (Å²) in [7, 11) is 0. The molecule has 0 aliphatic heterocycles. The van der Waals surface area contributed by atoms with Gasteiger partial charge in [0.25, 0.3) is 0 Å². The Morgan fingerprint density at radius 3 is 2.60 bits per heavy atom. The van der Waals surface area contributed by atoms with Crippen LogP contribution in [0.5, 0.6) is 0 Å². The number of carbonyl (C=O) groups excluding carboxylic acids is 2. The molecule has 20 heavy (non-hydrogen) atoms. The molecule has 0 aliphatic carbocycles. The number of ether oxygens (including phenoxy) is 1. The summed E-state index contributed by atoms with van der Waals surface area (Å²) >= 11 is 0. The van der Waals surface area contributed by atoms with E-state index in [0.717, 1.165) is 5.56 Å². The van der Waals surface area contributed by atoms with E-state index in [9.17, 15) is 14.7 Å². The van der Waals surface area contributed by atoms with Gasteiger partial charge >= 0.3 is 5.97 Å². The third-order valence-electron chi connectivity index (χ3n) is 2.78. The summed E-state index contributed by atoms with van der Waals surface area (Å²) in [5.41, 5.74) is 1.61. The molecule has 0 heterocycles. The summed E-state index contributed by atoms with van der Waals surface area (Å²) in [4.78, 5) is 22.3. The quantitative estimate of drug-likeness (QED) is 0.452. The molecule has 5 heteroatoms. The molecule has 0 saturated carbocycles. The highest BCUT2D eigenvalue weighted by Gasteiger charge is 2.25. The number of aliphatic hydroxyl groups is 1. The van der Waals surface area contributed by atoms with Crippen molar-refractivity contribution < 1.29 is 19.4 Å². The van der Waals surface area contributed by atoms with Crippen molar-refractivity contribution in [3.8, 4) is 0 Å². The van der Waals surface area contributed by atoms with Crippen molar-refractivity contribution in [2.24, 2.45) is 0 Å². The van der Waals surface area contributed by atoms with Crippen LogP contribution in [0.4, 0.5) is 0 Å². The Balaban J connectivity index is 2.90. The molecule has 5 nitrogen and oxygen atoms in total. The van der Waals surface area contributed by atoms with Gasteiger partial charge in [-0.25, -0.2) is 4.79 Å². The summed E-state index contributed by atoms with van der Waals surface area (Å²) in [6, 6.07) is 8.37. The van der Waals surface area contributed by atoms with E-state index in [4.69, 9.17) is 4.74 Å². The third-order valence-corrected chi connectivity index (χ3v) is 2.78. The second-order valence-corrected chi connectivity index (χ2v) is 4.30. The Hall–Kier alpha value is -2.30. The number of rotatable bonds is 7. The zero-order valence-electron chi connectivity index (χ0n) is 11.6. The molecule has 0 aromatic heterocycles. The van der Waals surface area contributed by atoms with Crippen LogP contribution in [0.15, 0.2) is 41.7 Å². The van der Waals surface area contributed by atoms with Crippen molar-refractivity contribution in [2.75, 3.05) is 6.61 Å². The minimum Gasteiger partial charge on any atom is -0.510 e. The summed E-state index contributed by atoms with van der Waals surface area (Å²) in [6.07, 6.45) is 0.858. The maximum Gasteiger partial charge on any atom is 0.336 e. The van der Waals surface area contributed by atoms with Crippen molar-refractivity contribution in [2.45, 2.75) is 26.3 Å². The first kappa shape index (κ1) is 15.8. The number of carbonyl (C=O) groups is 2. The molecular weight excluding hydrogens is 258 g/mol. The van der Waals surface area contributed by atoms with Crippen molar-refractivity contribution in [3.63, 3.8) is 0 Å². The van der Waals surface area contributed by atoms with E-state index < -0.39 is 12.0 Å². The Bertz CT molecular complexity index is 482. The van der Waals surface area contributed by atoms with Crippen LogP contribution in [-0.4, -0.2) is 30.1 Å². The van der Waals surface area contributed by atoms with E-state index >= 15 is 0 Å². The first-order valence-corrected chi connectivity index (χ1v) is 6.39. The molecule has 1 amide bonds. The topological polar surface area (TPSA) is 75.6 Å². The fourth-order valence-electron chi connectivity index (χ4n) is 1.79. The lowest BCUT2D eigenvalue weighted by Crippen LogP contribution is -2.39. The van der Waals surface area contributed by atoms with E-state index in [-0.39, 0.29) is 12.4 Å². The van der Waals surface area contributed by atoms with Gasteiger partial charge in [-0.05, 0) is 31.4 Å². The first-order valence-electron chi connectivity index (χ1n) is 6.39. The second kappa shape index (κ2) is 7.99. The minimum atomic E-state index is -1.16. The van der Waals surface area contributed by atoms with E-state index in [0.29, 0.717) is 18.4 Å². The van der Waals surface area contributed by atoms with Gasteiger partial charge in [0.05, 0.1) is 6.61 Å². The van der Waals surface area contributed by atoms with Gasteiger partial charge in [0, 0.05) is 0 Å². The number of amides is 1. The molecule has 1 atom stereocenters. The Morgan fingerprint density at radius 1 is 1.40 bits per heavy atom. The maximum absolute atomic E-state index is 11.7. The highest BCUT2D eigenvalue weighted by molar-refractivity contribution is 5.81. The maximum atomic E-state index is 11.7. The van der Waals surface area contributed by atoms with Gasteiger partial charge in [-0.2, -0.15) is 0 Å². The Kier molecular flexibility index (Phi) is 6.29. The zero-order valence-corrected chi connectivity index (χ0v) is 11.6. The molecule has 0 aliphatic rings. The summed E-state index contributed by atoms with van der Waals surface area (Å²) in [5.74, 6) is -0.857. The van der Waals surface area contributed by atoms with Crippen LogP contribution in [0.25, 0.3) is 0 Å². The van der Waals surface area contributed by atoms with Crippen molar-refractivity contribution in [3.05, 3.63) is 47.2 Å². The Morgan fingerprint density at radius 2 is 2.05 bits per heavy atom. The molecule has 2 N–H and O–H groups in total. The van der Waals surface area contributed by atoms with Crippen LogP contribution in [0.2, 0.25) is 0 Å². The number of allylic oxidation sites excluding steroid dienone is 1. The number of esters is 1. The molecule has 1 rings (SSSR count). The number of aliphatic hydroxyl groups excluding tert-OH is 1. The van der Waals surface area contributed by atoms with Gasteiger partial charge in [0.15, 0.2) is 6.04 Å². The molecule has 1 unspecified atom stereocenters. The molecule has 0 bridgehead atoms. The highest BCUT2D eigenvalue weighted by Crippen LogP contribution is 2.13. The van der Waals surface area contributed by atoms with E-state index in [1.807, 2.05) is 30.3 Å². The second-order valence-electron chi connectivity index (χ2n) is 4.30. The largest absolute Gasteiger partial charge is 0.510 e. The summed E-state index contributed by atoms with van der Waals surface area (Å²) in [6.45, 7) is 3.55. The molecule has 1 aromatic carbocycles. The molecular formula is C15H19NO4. The summed E-state index contributed by atoms with van der Waals surface area (Å²) < 4.78 is 4.82. The number of hydrogen-bond donors (Lipinski definition) is 2. The van der Waals surface area contributed by atoms with Crippen LogP contribution in [0, 0.1) is 0 Å². The lowest BCUT2D eigenvalue weighted by molar-refractivity contribution is -0.146.